The first kappa shape index (κ1) is 8.13. The predicted octanol–water partition coefficient (Wildman–Crippen LogP) is 1.81. The summed E-state index contributed by atoms with van der Waals surface area (Å²) >= 11 is 0. The first-order chi connectivity index (χ1) is 6.31. The molecule has 0 spiro atoms. The van der Waals surface area contributed by atoms with E-state index in [0.717, 1.165) is 22.6 Å². The summed E-state index contributed by atoms with van der Waals surface area (Å²) in [6, 6.07) is 5.90. The third-order valence-corrected chi connectivity index (χ3v) is 2.18. The number of aliphatic hydroxyl groups is 1. The van der Waals surface area contributed by atoms with Crippen molar-refractivity contribution in [2.45, 2.75) is 13.5 Å². The van der Waals surface area contributed by atoms with E-state index in [1.807, 2.05) is 31.3 Å². The molecule has 0 atom stereocenters. The number of aromatic nitrogens is 2. The number of hydrogen-bond acceptors (Lipinski definition) is 1. The Balaban J connectivity index is 2.43. The summed E-state index contributed by atoms with van der Waals surface area (Å²) in [6.07, 6.45) is 1.88. The Labute approximate surface area is 76.4 Å². The lowest BCUT2D eigenvalue weighted by Gasteiger charge is -1.90. The molecule has 68 valence electrons. The normalized spacial score (nSPS) is 10.6. The summed E-state index contributed by atoms with van der Waals surface area (Å²) in [7, 11) is 0. The van der Waals surface area contributed by atoms with Crippen LogP contribution in [0.2, 0.25) is 0 Å². The van der Waals surface area contributed by atoms with Gasteiger partial charge in [-0.25, -0.2) is 0 Å². The lowest BCUT2D eigenvalue weighted by atomic mass is 10.2. The van der Waals surface area contributed by atoms with Crippen molar-refractivity contribution in [3.63, 3.8) is 0 Å². The maximum absolute atomic E-state index is 9.00. The minimum Gasteiger partial charge on any atom is -0.392 e. The summed E-state index contributed by atoms with van der Waals surface area (Å²) in [4.78, 5) is 6.31. The standard InChI is InChI=1S/C10H12N2O/c1-7-8(6-13)5-10(12-7)9-3-2-4-11-9/h2-5,11-13H,6H2,1H3. The summed E-state index contributed by atoms with van der Waals surface area (Å²) in [5.41, 5.74) is 4.03. The van der Waals surface area contributed by atoms with Gasteiger partial charge >= 0.3 is 0 Å². The molecular weight excluding hydrogens is 164 g/mol. The quantitative estimate of drug-likeness (QED) is 0.642. The van der Waals surface area contributed by atoms with Crippen molar-refractivity contribution in [1.82, 2.24) is 9.97 Å². The number of rotatable bonds is 2. The third-order valence-electron chi connectivity index (χ3n) is 2.18. The smallest absolute Gasteiger partial charge is 0.0699 e. The highest BCUT2D eigenvalue weighted by Gasteiger charge is 2.04. The van der Waals surface area contributed by atoms with Gasteiger partial charge in [-0.15, -0.1) is 0 Å². The Kier molecular flexibility index (Phi) is 1.94. The second-order valence-electron chi connectivity index (χ2n) is 3.08. The lowest BCUT2D eigenvalue weighted by molar-refractivity contribution is 0.281. The largest absolute Gasteiger partial charge is 0.392 e. The fraction of sp³-hybridized carbons (Fsp3) is 0.200. The van der Waals surface area contributed by atoms with Crippen molar-refractivity contribution in [2.75, 3.05) is 0 Å². The molecule has 0 saturated heterocycles. The van der Waals surface area contributed by atoms with Gasteiger partial charge in [0, 0.05) is 11.9 Å². The van der Waals surface area contributed by atoms with Crippen LogP contribution in [0.15, 0.2) is 24.4 Å². The third kappa shape index (κ3) is 1.38. The van der Waals surface area contributed by atoms with Crippen molar-refractivity contribution in [2.24, 2.45) is 0 Å². The van der Waals surface area contributed by atoms with E-state index in [9.17, 15) is 0 Å². The van der Waals surface area contributed by atoms with E-state index in [4.69, 9.17) is 5.11 Å². The average molecular weight is 176 g/mol. The number of H-pyrrole nitrogens is 2. The van der Waals surface area contributed by atoms with E-state index in [1.54, 1.807) is 0 Å². The van der Waals surface area contributed by atoms with Gasteiger partial charge in [0.2, 0.25) is 0 Å². The zero-order valence-corrected chi connectivity index (χ0v) is 7.46. The molecule has 3 heteroatoms. The number of aromatic amines is 2. The first-order valence-corrected chi connectivity index (χ1v) is 4.24. The number of aryl methyl sites for hydroxylation is 1. The van der Waals surface area contributed by atoms with Crippen LogP contribution in [0.4, 0.5) is 0 Å². The highest BCUT2D eigenvalue weighted by molar-refractivity contribution is 5.57. The fourth-order valence-corrected chi connectivity index (χ4v) is 1.41. The average Bonchev–Trinajstić information content (AvgIpc) is 2.71. The minimum absolute atomic E-state index is 0.0864. The van der Waals surface area contributed by atoms with Crippen LogP contribution in [0.25, 0.3) is 11.4 Å². The van der Waals surface area contributed by atoms with Crippen molar-refractivity contribution in [3.8, 4) is 11.4 Å². The van der Waals surface area contributed by atoms with Crippen LogP contribution in [-0.4, -0.2) is 15.1 Å². The van der Waals surface area contributed by atoms with Crippen LogP contribution in [-0.2, 0) is 6.61 Å². The molecule has 0 aliphatic heterocycles. The molecule has 0 amide bonds. The van der Waals surface area contributed by atoms with Crippen molar-refractivity contribution in [1.29, 1.82) is 0 Å². The van der Waals surface area contributed by atoms with Gasteiger partial charge in [0.05, 0.1) is 18.0 Å². The topological polar surface area (TPSA) is 51.8 Å². The van der Waals surface area contributed by atoms with E-state index >= 15 is 0 Å². The van der Waals surface area contributed by atoms with E-state index < -0.39 is 0 Å². The highest BCUT2D eigenvalue weighted by Crippen LogP contribution is 2.19. The van der Waals surface area contributed by atoms with Crippen LogP contribution in [0.3, 0.4) is 0 Å². The van der Waals surface area contributed by atoms with Crippen molar-refractivity contribution >= 4 is 0 Å². The molecule has 0 aliphatic rings. The molecule has 0 aliphatic carbocycles. The van der Waals surface area contributed by atoms with Crippen molar-refractivity contribution in [3.05, 3.63) is 35.7 Å². The highest BCUT2D eigenvalue weighted by atomic mass is 16.3. The monoisotopic (exact) mass is 176 g/mol. The summed E-state index contributed by atoms with van der Waals surface area (Å²) < 4.78 is 0. The van der Waals surface area contributed by atoms with Crippen LogP contribution < -0.4 is 0 Å². The molecule has 0 radical (unpaired) electrons. The van der Waals surface area contributed by atoms with E-state index in [2.05, 4.69) is 9.97 Å². The van der Waals surface area contributed by atoms with Crippen LogP contribution in [0.5, 0.6) is 0 Å². The lowest BCUT2D eigenvalue weighted by Crippen LogP contribution is -1.81. The number of hydrogen-bond donors (Lipinski definition) is 3. The van der Waals surface area contributed by atoms with E-state index in [0.29, 0.717) is 0 Å². The van der Waals surface area contributed by atoms with Crippen LogP contribution in [0.1, 0.15) is 11.3 Å². The molecule has 2 rings (SSSR count). The fourth-order valence-electron chi connectivity index (χ4n) is 1.41. The molecule has 0 aromatic carbocycles. The Morgan fingerprint density at radius 2 is 2.23 bits per heavy atom. The van der Waals surface area contributed by atoms with E-state index in [-0.39, 0.29) is 6.61 Å². The van der Waals surface area contributed by atoms with Gasteiger partial charge < -0.3 is 15.1 Å². The molecular formula is C10H12N2O. The molecule has 3 nitrogen and oxygen atoms in total. The molecule has 0 bridgehead atoms. The van der Waals surface area contributed by atoms with Gasteiger partial charge in [-0.3, -0.25) is 0 Å². The van der Waals surface area contributed by atoms with Crippen molar-refractivity contribution < 1.29 is 5.11 Å². The van der Waals surface area contributed by atoms with Gasteiger partial charge in [-0.1, -0.05) is 0 Å². The van der Waals surface area contributed by atoms with Gasteiger partial charge in [-0.05, 0) is 30.7 Å². The summed E-state index contributed by atoms with van der Waals surface area (Å²) in [5, 5.41) is 9.00. The van der Waals surface area contributed by atoms with Gasteiger partial charge in [0.1, 0.15) is 0 Å². The SMILES string of the molecule is Cc1[nH]c(-c2ccc[nH]2)cc1CO. The molecule has 13 heavy (non-hydrogen) atoms. The zero-order chi connectivity index (χ0) is 9.26. The van der Waals surface area contributed by atoms with Gasteiger partial charge in [-0.2, -0.15) is 0 Å². The Morgan fingerprint density at radius 1 is 1.38 bits per heavy atom. The first-order valence-electron chi connectivity index (χ1n) is 4.24. The Morgan fingerprint density at radius 3 is 2.77 bits per heavy atom. The Hall–Kier alpha value is -1.48. The molecule has 2 aromatic rings. The molecule has 0 unspecified atom stereocenters. The summed E-state index contributed by atoms with van der Waals surface area (Å²) in [6.45, 7) is 2.04. The summed E-state index contributed by atoms with van der Waals surface area (Å²) in [5.74, 6) is 0. The molecule has 2 heterocycles. The molecule has 3 N–H and O–H groups in total. The van der Waals surface area contributed by atoms with Gasteiger partial charge in [0.25, 0.3) is 0 Å². The van der Waals surface area contributed by atoms with Crippen LogP contribution in [0, 0.1) is 6.92 Å². The maximum atomic E-state index is 9.00. The maximum Gasteiger partial charge on any atom is 0.0699 e. The van der Waals surface area contributed by atoms with Crippen LogP contribution >= 0.6 is 0 Å². The Bertz CT molecular complexity index is 387. The second kappa shape index (κ2) is 3.11. The second-order valence-corrected chi connectivity index (χ2v) is 3.08. The molecule has 0 saturated carbocycles. The number of nitrogens with one attached hydrogen (secondary N) is 2. The van der Waals surface area contributed by atoms with E-state index in [1.165, 1.54) is 0 Å². The molecule has 2 aromatic heterocycles. The predicted molar refractivity (Wildman–Crippen MR) is 51.2 cm³/mol. The minimum atomic E-state index is 0.0864. The van der Waals surface area contributed by atoms with Gasteiger partial charge in [0.15, 0.2) is 0 Å². The molecule has 0 fully saturated rings. The zero-order valence-electron chi connectivity index (χ0n) is 7.46. The number of aliphatic hydroxyl groups excluding tert-OH is 1.